The van der Waals surface area contributed by atoms with Gasteiger partial charge >= 0.3 is 12.3 Å². The van der Waals surface area contributed by atoms with Crippen LogP contribution in [0.1, 0.15) is 46.3 Å². The molecule has 22 heavy (non-hydrogen) atoms. The molecule has 9 heteroatoms. The number of fused-ring (bicyclic) bond motifs is 1. The monoisotopic (exact) mass is 320 g/mol. The SMILES string of the molecule is CC(C)(C)OC(=O)N1CCn2c(C(F)(F)F)nnc2C1(C)C. The molecule has 0 aromatic carbocycles. The molecule has 1 aromatic heterocycles. The van der Waals surface area contributed by atoms with Crippen LogP contribution in [0.4, 0.5) is 18.0 Å². The van der Waals surface area contributed by atoms with Crippen LogP contribution in [0.15, 0.2) is 0 Å². The number of carbonyl (C=O) groups is 1. The summed E-state index contributed by atoms with van der Waals surface area (Å²) in [4.78, 5) is 13.6. The molecule has 1 aliphatic heterocycles. The minimum atomic E-state index is -4.57. The minimum Gasteiger partial charge on any atom is -0.444 e. The highest BCUT2D eigenvalue weighted by Gasteiger charge is 2.47. The molecule has 0 bridgehead atoms. The lowest BCUT2D eigenvalue weighted by Crippen LogP contribution is -2.53. The Balaban J connectivity index is 2.36. The van der Waals surface area contributed by atoms with Gasteiger partial charge in [0.15, 0.2) is 5.82 Å². The van der Waals surface area contributed by atoms with Crippen molar-refractivity contribution in [3.05, 3.63) is 11.6 Å². The van der Waals surface area contributed by atoms with Crippen molar-refractivity contribution in [3.8, 4) is 0 Å². The Morgan fingerprint density at radius 1 is 1.18 bits per heavy atom. The molecule has 0 atom stereocenters. The summed E-state index contributed by atoms with van der Waals surface area (Å²) in [5, 5.41) is 6.89. The van der Waals surface area contributed by atoms with E-state index in [-0.39, 0.29) is 18.9 Å². The first-order chi connectivity index (χ1) is 9.84. The quantitative estimate of drug-likeness (QED) is 0.737. The second-order valence-corrected chi connectivity index (χ2v) is 6.69. The summed E-state index contributed by atoms with van der Waals surface area (Å²) in [6.07, 6.45) is -5.16. The van der Waals surface area contributed by atoms with Crippen LogP contribution < -0.4 is 0 Å². The predicted molar refractivity (Wildman–Crippen MR) is 71.0 cm³/mol. The highest BCUT2D eigenvalue weighted by atomic mass is 19.4. The fourth-order valence-electron chi connectivity index (χ4n) is 2.41. The maximum atomic E-state index is 12.9. The van der Waals surface area contributed by atoms with Crippen molar-refractivity contribution in [1.82, 2.24) is 19.7 Å². The molecule has 1 aliphatic rings. The molecule has 0 aliphatic carbocycles. The number of carbonyl (C=O) groups excluding carboxylic acids is 1. The van der Waals surface area contributed by atoms with Crippen molar-refractivity contribution in [2.75, 3.05) is 6.54 Å². The number of rotatable bonds is 0. The second-order valence-electron chi connectivity index (χ2n) is 6.69. The summed E-state index contributed by atoms with van der Waals surface area (Å²) in [5.74, 6) is -0.948. The number of nitrogens with zero attached hydrogens (tertiary/aromatic N) is 4. The van der Waals surface area contributed by atoms with Gasteiger partial charge < -0.3 is 9.30 Å². The van der Waals surface area contributed by atoms with E-state index < -0.39 is 29.2 Å². The fraction of sp³-hybridized carbons (Fsp3) is 0.769. The van der Waals surface area contributed by atoms with Gasteiger partial charge in [0.05, 0.1) is 0 Å². The molecule has 0 saturated carbocycles. The standard InChI is InChI=1S/C13H19F3N4O2/c1-11(2,3)22-10(21)20-7-6-19-8(12(20,4)5)17-18-9(19)13(14,15)16/h6-7H2,1-5H3. The Labute approximate surface area is 126 Å². The Bertz CT molecular complexity index is 587. The van der Waals surface area contributed by atoms with Gasteiger partial charge in [0.2, 0.25) is 5.82 Å². The van der Waals surface area contributed by atoms with E-state index in [1.165, 1.54) is 4.90 Å². The predicted octanol–water partition coefficient (Wildman–Crippen LogP) is 2.78. The van der Waals surface area contributed by atoms with Gasteiger partial charge in [-0.3, -0.25) is 4.90 Å². The zero-order valence-corrected chi connectivity index (χ0v) is 13.2. The molecule has 0 unspecified atom stereocenters. The van der Waals surface area contributed by atoms with E-state index >= 15 is 0 Å². The number of hydrogen-bond acceptors (Lipinski definition) is 4. The molecule has 124 valence electrons. The highest BCUT2D eigenvalue weighted by Crippen LogP contribution is 2.36. The van der Waals surface area contributed by atoms with Crippen LogP contribution >= 0.6 is 0 Å². The lowest BCUT2D eigenvalue weighted by molar-refractivity contribution is -0.148. The van der Waals surface area contributed by atoms with E-state index in [1.807, 2.05) is 0 Å². The Morgan fingerprint density at radius 3 is 2.27 bits per heavy atom. The smallest absolute Gasteiger partial charge is 0.444 e. The summed E-state index contributed by atoms with van der Waals surface area (Å²) in [6, 6.07) is 0. The molecule has 2 heterocycles. The van der Waals surface area contributed by atoms with Crippen molar-refractivity contribution in [2.24, 2.45) is 0 Å². The molecule has 0 saturated heterocycles. The Kier molecular flexibility index (Phi) is 3.65. The summed E-state index contributed by atoms with van der Waals surface area (Å²) in [5.41, 5.74) is -1.73. The maximum Gasteiger partial charge on any atom is 0.451 e. The van der Waals surface area contributed by atoms with Crippen LogP contribution in [0.5, 0.6) is 0 Å². The molecular weight excluding hydrogens is 301 g/mol. The van der Waals surface area contributed by atoms with Gasteiger partial charge in [-0.15, -0.1) is 10.2 Å². The Hall–Kier alpha value is -1.80. The lowest BCUT2D eigenvalue weighted by Gasteiger charge is -2.42. The van der Waals surface area contributed by atoms with E-state index in [9.17, 15) is 18.0 Å². The van der Waals surface area contributed by atoms with Gasteiger partial charge in [-0.1, -0.05) is 0 Å². The summed E-state index contributed by atoms with van der Waals surface area (Å²) >= 11 is 0. The van der Waals surface area contributed by atoms with Gasteiger partial charge in [-0.05, 0) is 34.6 Å². The first-order valence-corrected chi connectivity index (χ1v) is 6.85. The lowest BCUT2D eigenvalue weighted by atomic mass is 9.99. The molecule has 2 rings (SSSR count). The molecule has 0 spiro atoms. The molecule has 6 nitrogen and oxygen atoms in total. The molecule has 0 N–H and O–H groups in total. The van der Waals surface area contributed by atoms with Gasteiger partial charge in [0.1, 0.15) is 11.1 Å². The summed E-state index contributed by atoms with van der Waals surface area (Å²) in [7, 11) is 0. The van der Waals surface area contributed by atoms with E-state index in [0.717, 1.165) is 4.57 Å². The van der Waals surface area contributed by atoms with Crippen LogP contribution in [0.2, 0.25) is 0 Å². The van der Waals surface area contributed by atoms with Crippen LogP contribution in [-0.2, 0) is 23.0 Å². The second kappa shape index (κ2) is 4.85. The van der Waals surface area contributed by atoms with Gasteiger partial charge in [-0.2, -0.15) is 13.2 Å². The summed E-state index contributed by atoms with van der Waals surface area (Å²) < 4.78 is 45.1. The van der Waals surface area contributed by atoms with Crippen LogP contribution in [0.25, 0.3) is 0 Å². The average Bonchev–Trinajstić information content (AvgIpc) is 2.70. The zero-order chi connectivity index (χ0) is 16.9. The van der Waals surface area contributed by atoms with Crippen molar-refractivity contribution >= 4 is 6.09 Å². The Morgan fingerprint density at radius 2 is 1.77 bits per heavy atom. The number of hydrogen-bond donors (Lipinski definition) is 0. The number of amides is 1. The number of alkyl halides is 3. The van der Waals surface area contributed by atoms with Crippen LogP contribution in [0, 0.1) is 0 Å². The third-order valence-corrected chi connectivity index (χ3v) is 3.39. The van der Waals surface area contributed by atoms with Crippen LogP contribution in [0.3, 0.4) is 0 Å². The molecule has 1 amide bonds. The van der Waals surface area contributed by atoms with E-state index in [1.54, 1.807) is 34.6 Å². The highest BCUT2D eigenvalue weighted by molar-refractivity contribution is 5.69. The number of ether oxygens (including phenoxy) is 1. The molecular formula is C13H19F3N4O2. The minimum absolute atomic E-state index is 0.0279. The first kappa shape index (κ1) is 16.6. The zero-order valence-electron chi connectivity index (χ0n) is 13.2. The van der Waals surface area contributed by atoms with Gasteiger partial charge in [-0.25, -0.2) is 4.79 Å². The first-order valence-electron chi connectivity index (χ1n) is 6.85. The number of aromatic nitrogens is 3. The summed E-state index contributed by atoms with van der Waals surface area (Å²) in [6.45, 7) is 8.49. The van der Waals surface area contributed by atoms with Crippen molar-refractivity contribution in [2.45, 2.75) is 58.5 Å². The van der Waals surface area contributed by atoms with E-state index in [4.69, 9.17) is 4.74 Å². The third kappa shape index (κ3) is 2.89. The third-order valence-electron chi connectivity index (χ3n) is 3.39. The largest absolute Gasteiger partial charge is 0.451 e. The molecule has 0 fully saturated rings. The molecule has 1 aromatic rings. The average molecular weight is 320 g/mol. The topological polar surface area (TPSA) is 60.2 Å². The normalized spacial score (nSPS) is 18.1. The van der Waals surface area contributed by atoms with Gasteiger partial charge in [0, 0.05) is 13.1 Å². The van der Waals surface area contributed by atoms with Crippen molar-refractivity contribution in [1.29, 1.82) is 0 Å². The maximum absolute atomic E-state index is 12.9. The van der Waals surface area contributed by atoms with Crippen molar-refractivity contribution < 1.29 is 22.7 Å². The van der Waals surface area contributed by atoms with Crippen LogP contribution in [-0.4, -0.2) is 37.9 Å². The van der Waals surface area contributed by atoms with E-state index in [0.29, 0.717) is 0 Å². The number of halogens is 3. The van der Waals surface area contributed by atoms with Crippen molar-refractivity contribution in [3.63, 3.8) is 0 Å². The fourth-order valence-corrected chi connectivity index (χ4v) is 2.41. The van der Waals surface area contributed by atoms with Gasteiger partial charge in [0.25, 0.3) is 0 Å². The van der Waals surface area contributed by atoms with E-state index in [2.05, 4.69) is 10.2 Å². The molecule has 0 radical (unpaired) electrons.